The van der Waals surface area contributed by atoms with E-state index in [1.54, 1.807) is 24.3 Å². The van der Waals surface area contributed by atoms with Gasteiger partial charge in [-0.15, -0.1) is 10.2 Å². The first-order valence-corrected chi connectivity index (χ1v) is 7.50. The van der Waals surface area contributed by atoms with E-state index in [9.17, 15) is 18.0 Å². The van der Waals surface area contributed by atoms with Gasteiger partial charge in [0, 0.05) is 5.56 Å². The van der Waals surface area contributed by atoms with Crippen LogP contribution in [-0.2, 0) is 12.7 Å². The molecule has 0 fully saturated rings. The summed E-state index contributed by atoms with van der Waals surface area (Å²) in [5.41, 5.74) is -0.291. The van der Waals surface area contributed by atoms with E-state index in [2.05, 4.69) is 15.4 Å². The van der Waals surface area contributed by atoms with E-state index in [1.807, 2.05) is 0 Å². The van der Waals surface area contributed by atoms with Gasteiger partial charge in [-0.2, -0.15) is 18.0 Å². The maximum atomic E-state index is 12.8. The quantitative estimate of drug-likeness (QED) is 0.652. The van der Waals surface area contributed by atoms with Gasteiger partial charge in [-0.1, -0.05) is 24.3 Å². The fourth-order valence-electron chi connectivity index (χ4n) is 2.35. The van der Waals surface area contributed by atoms with Crippen molar-refractivity contribution >= 4 is 5.78 Å². The number of halogens is 3. The molecule has 0 aliphatic rings. The van der Waals surface area contributed by atoms with Gasteiger partial charge in [-0.3, -0.25) is 4.79 Å². The van der Waals surface area contributed by atoms with E-state index in [0.29, 0.717) is 11.3 Å². The molecule has 6 nitrogen and oxygen atoms in total. The molecule has 134 valence electrons. The van der Waals surface area contributed by atoms with E-state index < -0.39 is 11.7 Å². The summed E-state index contributed by atoms with van der Waals surface area (Å²) < 4.78 is 43.5. The summed E-state index contributed by atoms with van der Waals surface area (Å²) in [6.07, 6.45) is -4.47. The Labute approximate surface area is 146 Å². The highest BCUT2D eigenvalue weighted by molar-refractivity contribution is 5.98. The lowest BCUT2D eigenvalue weighted by molar-refractivity contribution is -0.137. The number of ether oxygens (including phenoxy) is 1. The summed E-state index contributed by atoms with van der Waals surface area (Å²) in [5, 5.41) is 11.5. The second-order valence-electron chi connectivity index (χ2n) is 5.35. The van der Waals surface area contributed by atoms with E-state index in [4.69, 9.17) is 4.74 Å². The fraction of sp³-hybridized carbons (Fsp3) is 0.176. The first-order valence-electron chi connectivity index (χ1n) is 7.50. The van der Waals surface area contributed by atoms with Crippen LogP contribution < -0.4 is 4.74 Å². The highest BCUT2D eigenvalue weighted by Crippen LogP contribution is 2.31. The molecule has 2 aromatic carbocycles. The average Bonchev–Trinajstić information content (AvgIpc) is 3.09. The molecular formula is C17H13F3N4O2. The number of hydrogen-bond acceptors (Lipinski definition) is 5. The molecule has 0 aliphatic carbocycles. The van der Waals surface area contributed by atoms with Crippen LogP contribution in [0.3, 0.4) is 0 Å². The van der Waals surface area contributed by atoms with Gasteiger partial charge in [-0.25, -0.2) is 0 Å². The molecule has 3 aromatic rings. The first kappa shape index (κ1) is 17.6. The van der Waals surface area contributed by atoms with Gasteiger partial charge < -0.3 is 4.74 Å². The number of carbonyl (C=O) groups excluding carboxylic acids is 1. The lowest BCUT2D eigenvalue weighted by atomic mass is 10.1. The van der Waals surface area contributed by atoms with Crippen molar-refractivity contribution < 1.29 is 22.7 Å². The van der Waals surface area contributed by atoms with Crippen molar-refractivity contribution in [2.45, 2.75) is 12.7 Å². The minimum absolute atomic E-state index is 0.00364. The number of nitrogens with zero attached hydrogens (tertiary/aromatic N) is 4. The van der Waals surface area contributed by atoms with Gasteiger partial charge in [-0.05, 0) is 29.5 Å². The Morgan fingerprint density at radius 1 is 1.15 bits per heavy atom. The van der Waals surface area contributed by atoms with Crippen LogP contribution in [0.15, 0.2) is 48.5 Å². The maximum absolute atomic E-state index is 12.8. The van der Waals surface area contributed by atoms with Crippen LogP contribution in [0.1, 0.15) is 15.9 Å². The van der Waals surface area contributed by atoms with Crippen LogP contribution in [0.2, 0.25) is 0 Å². The Bertz CT molecular complexity index is 938. The van der Waals surface area contributed by atoms with Gasteiger partial charge in [0.25, 0.3) is 0 Å². The molecule has 1 aromatic heterocycles. The topological polar surface area (TPSA) is 69.9 Å². The molecule has 3 rings (SSSR count). The molecule has 0 saturated carbocycles. The number of ketones is 1. The summed E-state index contributed by atoms with van der Waals surface area (Å²) >= 11 is 0. The molecule has 0 amide bonds. The van der Waals surface area contributed by atoms with Crippen LogP contribution in [0, 0.1) is 0 Å². The SMILES string of the molecule is COc1ccccc1C(=O)Cn1nnc(-c2cccc(C(F)(F)F)c2)n1. The molecule has 0 aliphatic heterocycles. The Hall–Kier alpha value is -3.23. The minimum Gasteiger partial charge on any atom is -0.496 e. The van der Waals surface area contributed by atoms with Crippen molar-refractivity contribution in [3.63, 3.8) is 0 Å². The van der Waals surface area contributed by atoms with Crippen molar-refractivity contribution in [3.8, 4) is 17.1 Å². The van der Waals surface area contributed by atoms with Crippen LogP contribution >= 0.6 is 0 Å². The molecular weight excluding hydrogens is 349 g/mol. The lowest BCUT2D eigenvalue weighted by Crippen LogP contribution is -2.14. The van der Waals surface area contributed by atoms with Crippen LogP contribution in [0.4, 0.5) is 13.2 Å². The predicted molar refractivity (Wildman–Crippen MR) is 85.6 cm³/mol. The number of methoxy groups -OCH3 is 1. The number of rotatable bonds is 5. The maximum Gasteiger partial charge on any atom is 0.416 e. The smallest absolute Gasteiger partial charge is 0.416 e. The van der Waals surface area contributed by atoms with Crippen molar-refractivity contribution in [1.82, 2.24) is 20.2 Å². The zero-order valence-electron chi connectivity index (χ0n) is 13.6. The second-order valence-corrected chi connectivity index (χ2v) is 5.35. The number of para-hydroxylation sites is 1. The number of hydrogen-bond donors (Lipinski definition) is 0. The Balaban J connectivity index is 1.81. The summed E-state index contributed by atoms with van der Waals surface area (Å²) in [4.78, 5) is 13.4. The van der Waals surface area contributed by atoms with E-state index >= 15 is 0 Å². The van der Waals surface area contributed by atoms with Gasteiger partial charge in [0.1, 0.15) is 12.3 Å². The molecule has 0 radical (unpaired) electrons. The van der Waals surface area contributed by atoms with E-state index in [1.165, 1.54) is 19.2 Å². The molecule has 26 heavy (non-hydrogen) atoms. The Kier molecular flexibility index (Phi) is 4.70. The zero-order chi connectivity index (χ0) is 18.7. The molecule has 0 atom stereocenters. The summed E-state index contributed by atoms with van der Waals surface area (Å²) in [5.74, 6) is 0.107. The highest BCUT2D eigenvalue weighted by Gasteiger charge is 2.30. The van der Waals surface area contributed by atoms with E-state index in [0.717, 1.165) is 16.9 Å². The number of alkyl halides is 3. The summed E-state index contributed by atoms with van der Waals surface area (Å²) in [6, 6.07) is 11.3. The largest absolute Gasteiger partial charge is 0.496 e. The molecule has 0 bridgehead atoms. The normalized spacial score (nSPS) is 11.4. The van der Waals surface area contributed by atoms with E-state index in [-0.39, 0.29) is 23.7 Å². The summed E-state index contributed by atoms with van der Waals surface area (Å²) in [6.45, 7) is -0.216. The third kappa shape index (κ3) is 3.71. The van der Waals surface area contributed by atoms with Crippen LogP contribution in [-0.4, -0.2) is 33.1 Å². The molecule has 1 heterocycles. The number of tetrazole rings is 1. The molecule has 9 heteroatoms. The van der Waals surface area contributed by atoms with Crippen LogP contribution in [0.25, 0.3) is 11.4 Å². The third-order valence-electron chi connectivity index (χ3n) is 3.59. The number of carbonyl (C=O) groups is 1. The van der Waals surface area contributed by atoms with Crippen molar-refractivity contribution in [2.75, 3.05) is 7.11 Å². The van der Waals surface area contributed by atoms with Gasteiger partial charge in [0.05, 0.1) is 18.2 Å². The standard InChI is InChI=1S/C17H13F3N4O2/c1-26-15-8-3-2-7-13(15)14(25)10-24-22-16(21-23-24)11-5-4-6-12(9-11)17(18,19)20/h2-9H,10H2,1H3. The lowest BCUT2D eigenvalue weighted by Gasteiger charge is -2.07. The molecule has 0 saturated heterocycles. The van der Waals surface area contributed by atoms with Crippen molar-refractivity contribution in [3.05, 3.63) is 59.7 Å². The molecule has 0 N–H and O–H groups in total. The van der Waals surface area contributed by atoms with Gasteiger partial charge in [0.15, 0.2) is 5.78 Å². The number of aromatic nitrogens is 4. The fourth-order valence-corrected chi connectivity index (χ4v) is 2.35. The molecule has 0 spiro atoms. The predicted octanol–water partition coefficient (Wildman–Crippen LogP) is 3.25. The Morgan fingerprint density at radius 2 is 1.92 bits per heavy atom. The van der Waals surface area contributed by atoms with Gasteiger partial charge >= 0.3 is 6.18 Å². The monoisotopic (exact) mass is 362 g/mol. The minimum atomic E-state index is -4.47. The Morgan fingerprint density at radius 3 is 2.65 bits per heavy atom. The second kappa shape index (κ2) is 6.95. The van der Waals surface area contributed by atoms with Gasteiger partial charge in [0.2, 0.25) is 5.82 Å². The highest BCUT2D eigenvalue weighted by atomic mass is 19.4. The van der Waals surface area contributed by atoms with Crippen LogP contribution in [0.5, 0.6) is 5.75 Å². The zero-order valence-corrected chi connectivity index (χ0v) is 13.6. The first-order chi connectivity index (χ1) is 12.4. The summed E-state index contributed by atoms with van der Waals surface area (Å²) in [7, 11) is 1.45. The number of benzene rings is 2. The average molecular weight is 362 g/mol. The molecule has 0 unspecified atom stereocenters. The van der Waals surface area contributed by atoms with Crippen molar-refractivity contribution in [2.24, 2.45) is 0 Å². The number of Topliss-reactive ketones (excluding diaryl/α,β-unsaturated/α-hetero) is 1. The van der Waals surface area contributed by atoms with Crippen molar-refractivity contribution in [1.29, 1.82) is 0 Å². The third-order valence-corrected chi connectivity index (χ3v) is 3.59.